The van der Waals surface area contributed by atoms with Crippen molar-refractivity contribution in [3.8, 4) is 0 Å². The number of aliphatic hydroxyl groups is 2. The van der Waals surface area contributed by atoms with Gasteiger partial charge in [0, 0.05) is 17.3 Å². The molecule has 0 aromatic heterocycles. The maximum atomic E-state index is 13.2. The molecular formula is C48H84O4. The van der Waals surface area contributed by atoms with Crippen molar-refractivity contribution >= 4 is 5.97 Å². The number of carbonyl (C=O) groups excluding carboxylic acids is 1. The first-order valence-corrected chi connectivity index (χ1v) is 22.8. The molecular weight excluding hydrogens is 641 g/mol. The lowest BCUT2D eigenvalue weighted by molar-refractivity contribution is -0.219. The number of unbranched alkanes of at least 4 members (excludes halogenated alkanes) is 14. The standard InChI is InChI=1S/C48H84O4/c1-9-10-11-12-13-14-15-16-17-18-19-20-21-22-23-24-42(51)52-41-28-29-45(6)38(44(41,4)5)27-30-46(7)39(45)26-25-36-37-33-43(2,3)31-32-48(37,35-49)40(50)34-47(36,46)8/h38-41,49-50H,9-35H2,1-8H3. The molecule has 4 fully saturated rings. The molecule has 0 amide bonds. The van der Waals surface area contributed by atoms with Gasteiger partial charge in [0.05, 0.1) is 12.7 Å². The van der Waals surface area contributed by atoms with Crippen molar-refractivity contribution in [3.63, 3.8) is 0 Å². The van der Waals surface area contributed by atoms with Crippen LogP contribution >= 0.6 is 0 Å². The Hall–Kier alpha value is -0.870. The monoisotopic (exact) mass is 725 g/mol. The van der Waals surface area contributed by atoms with E-state index in [1.165, 1.54) is 95.5 Å². The van der Waals surface area contributed by atoms with Gasteiger partial charge in [0.1, 0.15) is 6.10 Å². The number of ether oxygens (including phenoxy) is 1. The lowest BCUT2D eigenvalue weighted by atomic mass is 9.34. The highest BCUT2D eigenvalue weighted by Gasteiger charge is 2.69. The summed E-state index contributed by atoms with van der Waals surface area (Å²) in [6.45, 7) is 19.6. The molecule has 0 spiro atoms. The van der Waals surface area contributed by atoms with E-state index in [2.05, 4.69) is 55.4 Å². The molecule has 5 aliphatic carbocycles. The van der Waals surface area contributed by atoms with E-state index in [0.29, 0.717) is 18.3 Å². The highest BCUT2D eigenvalue weighted by atomic mass is 16.5. The molecule has 52 heavy (non-hydrogen) atoms. The first kappa shape index (κ1) is 42.3. The molecule has 2 N–H and O–H groups in total. The highest BCUT2D eigenvalue weighted by molar-refractivity contribution is 5.69. The van der Waals surface area contributed by atoms with Gasteiger partial charge in [-0.05, 0) is 104 Å². The molecule has 8 atom stereocenters. The van der Waals surface area contributed by atoms with E-state index in [1.807, 2.05) is 0 Å². The Morgan fingerprint density at radius 1 is 0.692 bits per heavy atom. The van der Waals surface area contributed by atoms with E-state index in [0.717, 1.165) is 70.6 Å². The van der Waals surface area contributed by atoms with Crippen LogP contribution in [0, 0.1) is 44.3 Å². The smallest absolute Gasteiger partial charge is 0.306 e. The minimum Gasteiger partial charge on any atom is -0.462 e. The molecule has 5 aliphatic rings. The van der Waals surface area contributed by atoms with E-state index in [1.54, 1.807) is 5.57 Å². The summed E-state index contributed by atoms with van der Waals surface area (Å²) in [7, 11) is 0. The number of carbonyl (C=O) groups is 1. The summed E-state index contributed by atoms with van der Waals surface area (Å²) >= 11 is 0. The second kappa shape index (κ2) is 17.1. The number of aliphatic hydroxyl groups excluding tert-OH is 2. The minimum absolute atomic E-state index is 0.00164. The minimum atomic E-state index is -0.477. The fourth-order valence-corrected chi connectivity index (χ4v) is 13.7. The van der Waals surface area contributed by atoms with Crippen molar-refractivity contribution in [1.82, 2.24) is 0 Å². The van der Waals surface area contributed by atoms with Crippen molar-refractivity contribution in [3.05, 3.63) is 11.1 Å². The average Bonchev–Trinajstić information content (AvgIpc) is 3.08. The summed E-state index contributed by atoms with van der Waals surface area (Å²) in [5, 5.41) is 22.8. The zero-order valence-electron chi connectivity index (χ0n) is 35.6. The van der Waals surface area contributed by atoms with Crippen LogP contribution in [0.4, 0.5) is 0 Å². The van der Waals surface area contributed by atoms with Crippen LogP contribution < -0.4 is 0 Å². The predicted octanol–water partition coefficient (Wildman–Crippen LogP) is 13.1. The Labute approximate surface area is 321 Å². The van der Waals surface area contributed by atoms with Crippen molar-refractivity contribution in [1.29, 1.82) is 0 Å². The van der Waals surface area contributed by atoms with Crippen LogP contribution in [0.3, 0.4) is 0 Å². The number of rotatable bonds is 18. The van der Waals surface area contributed by atoms with Gasteiger partial charge in [-0.25, -0.2) is 0 Å². The van der Waals surface area contributed by atoms with Gasteiger partial charge in [-0.1, -0.05) is 156 Å². The maximum Gasteiger partial charge on any atom is 0.306 e. The van der Waals surface area contributed by atoms with Gasteiger partial charge in [-0.15, -0.1) is 0 Å². The van der Waals surface area contributed by atoms with Crippen LogP contribution in [-0.2, 0) is 9.53 Å². The molecule has 0 bridgehead atoms. The molecule has 4 saturated carbocycles. The van der Waals surface area contributed by atoms with Crippen molar-refractivity contribution in [2.75, 3.05) is 6.61 Å². The second-order valence-electron chi connectivity index (χ2n) is 21.3. The van der Waals surface area contributed by atoms with Gasteiger partial charge in [-0.3, -0.25) is 4.79 Å². The molecule has 0 aromatic carbocycles. The second-order valence-corrected chi connectivity index (χ2v) is 21.3. The first-order valence-electron chi connectivity index (χ1n) is 22.8. The van der Waals surface area contributed by atoms with Crippen molar-refractivity contribution in [2.24, 2.45) is 44.3 Å². The lowest BCUT2D eigenvalue weighted by Gasteiger charge is -2.71. The van der Waals surface area contributed by atoms with Gasteiger partial charge < -0.3 is 14.9 Å². The molecule has 0 aliphatic heterocycles. The van der Waals surface area contributed by atoms with Crippen LogP contribution in [0.2, 0.25) is 0 Å². The Morgan fingerprint density at radius 3 is 1.85 bits per heavy atom. The fraction of sp³-hybridized carbons (Fsp3) is 0.938. The number of allylic oxidation sites excluding steroid dienone is 1. The zero-order chi connectivity index (χ0) is 37.8. The van der Waals surface area contributed by atoms with Gasteiger partial charge in [0.15, 0.2) is 0 Å². The van der Waals surface area contributed by atoms with Gasteiger partial charge in [0.25, 0.3) is 0 Å². The third kappa shape index (κ3) is 8.16. The summed E-state index contributed by atoms with van der Waals surface area (Å²) < 4.78 is 6.40. The number of hydrogen-bond acceptors (Lipinski definition) is 4. The van der Waals surface area contributed by atoms with Gasteiger partial charge >= 0.3 is 5.97 Å². The van der Waals surface area contributed by atoms with Crippen LogP contribution in [0.15, 0.2) is 11.1 Å². The van der Waals surface area contributed by atoms with Crippen LogP contribution in [-0.4, -0.2) is 35.0 Å². The molecule has 300 valence electrons. The summed E-state index contributed by atoms with van der Waals surface area (Å²) in [4.78, 5) is 13.2. The van der Waals surface area contributed by atoms with Crippen molar-refractivity contribution in [2.45, 2.75) is 235 Å². The first-order chi connectivity index (χ1) is 24.6. The van der Waals surface area contributed by atoms with Crippen LogP contribution in [0.25, 0.3) is 0 Å². The summed E-state index contributed by atoms with van der Waals surface area (Å²) in [5.41, 5.74) is 3.02. The van der Waals surface area contributed by atoms with Gasteiger partial charge in [-0.2, -0.15) is 0 Å². The summed E-state index contributed by atoms with van der Waals surface area (Å²) in [6.07, 6.45) is 30.6. The van der Waals surface area contributed by atoms with Crippen LogP contribution in [0.1, 0.15) is 222 Å². The number of fused-ring (bicyclic) bond motifs is 6. The molecule has 5 rings (SSSR count). The average molecular weight is 725 g/mol. The summed E-state index contributed by atoms with van der Waals surface area (Å²) in [5.74, 6) is 1.12. The topological polar surface area (TPSA) is 66.8 Å². The van der Waals surface area contributed by atoms with E-state index >= 15 is 0 Å². The van der Waals surface area contributed by atoms with Crippen molar-refractivity contribution < 1.29 is 19.7 Å². The lowest BCUT2D eigenvalue weighted by Crippen LogP contribution is -2.65. The van der Waals surface area contributed by atoms with Crippen LogP contribution in [0.5, 0.6) is 0 Å². The van der Waals surface area contributed by atoms with E-state index in [4.69, 9.17) is 4.74 Å². The molecule has 4 heteroatoms. The summed E-state index contributed by atoms with van der Waals surface area (Å²) in [6, 6.07) is 0. The number of esters is 1. The Morgan fingerprint density at radius 2 is 1.27 bits per heavy atom. The number of hydrogen-bond donors (Lipinski definition) is 2. The third-order valence-corrected chi connectivity index (χ3v) is 17.2. The Kier molecular flexibility index (Phi) is 13.9. The highest BCUT2D eigenvalue weighted by Crippen LogP contribution is 2.75. The SMILES string of the molecule is CCCCCCCCCCCCCCCCCC(=O)OC1CCC2(C)C(CCC3(C)C2CCC2=C4CC(C)(C)CCC4(CO)C(O)CC23C)C1(C)C. The Balaban J connectivity index is 1.10. The molecule has 0 radical (unpaired) electrons. The molecule has 4 nitrogen and oxygen atoms in total. The zero-order valence-corrected chi connectivity index (χ0v) is 35.6. The normalized spacial score (nSPS) is 37.8. The largest absolute Gasteiger partial charge is 0.462 e. The van der Waals surface area contributed by atoms with Gasteiger partial charge in [0.2, 0.25) is 0 Å². The van der Waals surface area contributed by atoms with E-state index in [-0.39, 0.29) is 45.8 Å². The Bertz CT molecular complexity index is 1220. The third-order valence-electron chi connectivity index (χ3n) is 17.2. The fourth-order valence-electron chi connectivity index (χ4n) is 13.7. The molecule has 0 heterocycles. The van der Waals surface area contributed by atoms with E-state index in [9.17, 15) is 15.0 Å². The van der Waals surface area contributed by atoms with E-state index < -0.39 is 11.5 Å². The molecule has 0 saturated heterocycles. The maximum absolute atomic E-state index is 13.2. The quantitative estimate of drug-likeness (QED) is 0.0839. The molecule has 8 unspecified atom stereocenters. The predicted molar refractivity (Wildman–Crippen MR) is 217 cm³/mol. The molecule has 0 aromatic rings.